The van der Waals surface area contributed by atoms with E-state index in [2.05, 4.69) is 10.3 Å². The smallest absolute Gasteiger partial charge is 0.276 e. The number of rotatable bonds is 2. The van der Waals surface area contributed by atoms with E-state index in [-0.39, 0.29) is 5.91 Å². The summed E-state index contributed by atoms with van der Waals surface area (Å²) in [5.41, 5.74) is 1.10. The lowest BCUT2D eigenvalue weighted by Crippen LogP contribution is -2.40. The number of amides is 1. The predicted octanol–water partition coefficient (Wildman–Crippen LogP) is 1.39. The van der Waals surface area contributed by atoms with Crippen LogP contribution in [-0.4, -0.2) is 52.1 Å². The van der Waals surface area contributed by atoms with Crippen molar-refractivity contribution in [1.29, 1.82) is 0 Å². The van der Waals surface area contributed by atoms with Gasteiger partial charge < -0.3 is 9.64 Å². The number of morpholine rings is 1. The third-order valence-corrected chi connectivity index (χ3v) is 3.32. The van der Waals surface area contributed by atoms with Crippen molar-refractivity contribution in [2.75, 3.05) is 26.3 Å². The molecule has 1 saturated heterocycles. The average molecular weight is 293 g/mol. The maximum atomic E-state index is 12.2. The molecule has 2 aromatic rings. The first kappa shape index (κ1) is 13.1. The van der Waals surface area contributed by atoms with E-state index in [1.165, 1.54) is 0 Å². The highest BCUT2D eigenvalue weighted by Gasteiger charge is 2.21. The molecule has 6 nitrogen and oxygen atoms in total. The Labute approximate surface area is 120 Å². The topological polar surface area (TPSA) is 60.2 Å². The van der Waals surface area contributed by atoms with Crippen LogP contribution in [0.3, 0.4) is 0 Å². The van der Waals surface area contributed by atoms with Crippen LogP contribution in [0.2, 0.25) is 5.02 Å². The fourth-order valence-corrected chi connectivity index (χ4v) is 2.22. The summed E-state index contributed by atoms with van der Waals surface area (Å²) in [4.78, 5) is 14.0. The number of nitrogens with zero attached hydrogens (tertiary/aromatic N) is 4. The van der Waals surface area contributed by atoms with Crippen LogP contribution in [0.5, 0.6) is 0 Å². The molecular weight excluding hydrogens is 280 g/mol. The number of aromatic nitrogens is 3. The number of hydrogen-bond donors (Lipinski definition) is 0. The van der Waals surface area contributed by atoms with Crippen molar-refractivity contribution in [1.82, 2.24) is 19.9 Å². The molecule has 0 saturated carbocycles. The number of carbonyl (C=O) groups excluding carboxylic acids is 1. The summed E-state index contributed by atoms with van der Waals surface area (Å²) >= 11 is 5.94. The first-order valence-corrected chi connectivity index (χ1v) is 6.67. The summed E-state index contributed by atoms with van der Waals surface area (Å²) in [6.07, 6.45) is 1.61. The van der Waals surface area contributed by atoms with Crippen molar-refractivity contribution in [3.05, 3.63) is 41.2 Å². The number of halogens is 1. The van der Waals surface area contributed by atoms with Crippen molar-refractivity contribution in [3.63, 3.8) is 0 Å². The van der Waals surface area contributed by atoms with Crippen LogP contribution in [-0.2, 0) is 4.74 Å². The Kier molecular flexibility index (Phi) is 3.66. The number of ether oxygens (including phenoxy) is 1. The van der Waals surface area contributed by atoms with Gasteiger partial charge in [-0.15, -0.1) is 5.10 Å². The molecule has 1 aromatic carbocycles. The zero-order chi connectivity index (χ0) is 13.9. The number of benzene rings is 1. The number of hydrogen-bond acceptors (Lipinski definition) is 4. The first-order valence-electron chi connectivity index (χ1n) is 6.29. The zero-order valence-electron chi connectivity index (χ0n) is 10.7. The van der Waals surface area contributed by atoms with Crippen LogP contribution in [0.25, 0.3) is 5.69 Å². The molecule has 3 rings (SSSR count). The molecular formula is C13H13ClN4O2. The lowest BCUT2D eigenvalue weighted by Gasteiger charge is -2.25. The van der Waals surface area contributed by atoms with E-state index in [1.54, 1.807) is 27.9 Å². The third kappa shape index (κ3) is 2.66. The summed E-state index contributed by atoms with van der Waals surface area (Å²) in [7, 11) is 0. The average Bonchev–Trinajstić information content (AvgIpc) is 2.97. The van der Waals surface area contributed by atoms with E-state index >= 15 is 0 Å². The highest BCUT2D eigenvalue weighted by Crippen LogP contribution is 2.14. The van der Waals surface area contributed by atoms with Crippen LogP contribution in [0.15, 0.2) is 30.5 Å². The van der Waals surface area contributed by atoms with Gasteiger partial charge in [0, 0.05) is 18.1 Å². The van der Waals surface area contributed by atoms with Gasteiger partial charge in [0.05, 0.1) is 25.1 Å². The van der Waals surface area contributed by atoms with Gasteiger partial charge in [0.1, 0.15) is 0 Å². The van der Waals surface area contributed by atoms with Crippen LogP contribution in [0.1, 0.15) is 10.5 Å². The van der Waals surface area contributed by atoms with E-state index < -0.39 is 0 Å². The normalized spacial score (nSPS) is 15.3. The van der Waals surface area contributed by atoms with Gasteiger partial charge in [-0.1, -0.05) is 22.9 Å². The van der Waals surface area contributed by atoms with Crippen LogP contribution >= 0.6 is 11.6 Å². The molecule has 0 aliphatic carbocycles. The Morgan fingerprint density at radius 1 is 1.30 bits per heavy atom. The molecule has 1 aliphatic rings. The molecule has 0 unspecified atom stereocenters. The van der Waals surface area contributed by atoms with E-state index in [0.717, 1.165) is 5.69 Å². The fraction of sp³-hybridized carbons (Fsp3) is 0.308. The van der Waals surface area contributed by atoms with Gasteiger partial charge in [-0.25, -0.2) is 4.68 Å². The molecule has 0 radical (unpaired) electrons. The standard InChI is InChI=1S/C13H13ClN4O2/c14-10-2-1-3-11(8-10)18-9-12(15-16-18)13(19)17-4-6-20-7-5-17/h1-3,8-9H,4-7H2. The van der Waals surface area contributed by atoms with Crippen molar-refractivity contribution < 1.29 is 9.53 Å². The highest BCUT2D eigenvalue weighted by molar-refractivity contribution is 6.30. The van der Waals surface area contributed by atoms with Crippen molar-refractivity contribution in [3.8, 4) is 5.69 Å². The molecule has 0 atom stereocenters. The van der Waals surface area contributed by atoms with Gasteiger partial charge in [0.2, 0.25) is 0 Å². The molecule has 0 N–H and O–H groups in total. The summed E-state index contributed by atoms with van der Waals surface area (Å²) in [5.74, 6) is -0.124. The predicted molar refractivity (Wildman–Crippen MR) is 73.1 cm³/mol. The quantitative estimate of drug-likeness (QED) is 0.839. The van der Waals surface area contributed by atoms with Gasteiger partial charge in [-0.2, -0.15) is 0 Å². The minimum Gasteiger partial charge on any atom is -0.378 e. The minimum absolute atomic E-state index is 0.124. The summed E-state index contributed by atoms with van der Waals surface area (Å²) < 4.78 is 6.76. The van der Waals surface area contributed by atoms with Crippen LogP contribution in [0.4, 0.5) is 0 Å². The van der Waals surface area contributed by atoms with E-state index in [1.807, 2.05) is 12.1 Å². The summed E-state index contributed by atoms with van der Waals surface area (Å²) in [6, 6.07) is 7.22. The minimum atomic E-state index is -0.124. The third-order valence-electron chi connectivity index (χ3n) is 3.08. The maximum absolute atomic E-state index is 12.2. The zero-order valence-corrected chi connectivity index (χ0v) is 11.5. The van der Waals surface area contributed by atoms with Gasteiger partial charge in [0.25, 0.3) is 5.91 Å². The molecule has 0 bridgehead atoms. The van der Waals surface area contributed by atoms with Crippen molar-refractivity contribution in [2.45, 2.75) is 0 Å². The molecule has 7 heteroatoms. The molecule has 20 heavy (non-hydrogen) atoms. The SMILES string of the molecule is O=C(c1cn(-c2cccc(Cl)c2)nn1)N1CCOCC1. The van der Waals surface area contributed by atoms with Crippen LogP contribution in [0, 0.1) is 0 Å². The summed E-state index contributed by atoms with van der Waals surface area (Å²) in [5, 5.41) is 8.52. The van der Waals surface area contributed by atoms with Gasteiger partial charge in [-0.3, -0.25) is 4.79 Å². The van der Waals surface area contributed by atoms with E-state index in [0.29, 0.717) is 37.0 Å². The highest BCUT2D eigenvalue weighted by atomic mass is 35.5. The van der Waals surface area contributed by atoms with E-state index in [9.17, 15) is 4.79 Å². The second-order valence-electron chi connectivity index (χ2n) is 4.43. The first-order chi connectivity index (χ1) is 9.74. The van der Waals surface area contributed by atoms with Gasteiger partial charge >= 0.3 is 0 Å². The second-order valence-corrected chi connectivity index (χ2v) is 4.87. The molecule has 1 aliphatic heterocycles. The largest absolute Gasteiger partial charge is 0.378 e. The van der Waals surface area contributed by atoms with E-state index in [4.69, 9.17) is 16.3 Å². The molecule has 1 amide bonds. The Morgan fingerprint density at radius 2 is 2.10 bits per heavy atom. The fourth-order valence-electron chi connectivity index (χ4n) is 2.04. The Bertz CT molecular complexity index is 622. The Balaban J connectivity index is 1.81. The van der Waals surface area contributed by atoms with Crippen LogP contribution < -0.4 is 0 Å². The molecule has 104 valence electrons. The summed E-state index contributed by atoms with van der Waals surface area (Å²) in [6.45, 7) is 2.30. The maximum Gasteiger partial charge on any atom is 0.276 e. The molecule has 0 spiro atoms. The molecule has 2 heterocycles. The monoisotopic (exact) mass is 292 g/mol. The number of carbonyl (C=O) groups is 1. The Morgan fingerprint density at radius 3 is 2.85 bits per heavy atom. The Hall–Kier alpha value is -1.92. The molecule has 1 fully saturated rings. The lowest BCUT2D eigenvalue weighted by molar-refractivity contribution is 0.0299. The lowest BCUT2D eigenvalue weighted by atomic mass is 10.3. The van der Waals surface area contributed by atoms with Crippen molar-refractivity contribution in [2.24, 2.45) is 0 Å². The second kappa shape index (κ2) is 5.60. The molecule has 1 aromatic heterocycles. The van der Waals surface area contributed by atoms with Crippen molar-refractivity contribution >= 4 is 17.5 Å². The van der Waals surface area contributed by atoms with Gasteiger partial charge in [-0.05, 0) is 18.2 Å². The van der Waals surface area contributed by atoms with Gasteiger partial charge in [0.15, 0.2) is 5.69 Å².